The van der Waals surface area contributed by atoms with E-state index >= 15 is 0 Å². The highest BCUT2D eigenvalue weighted by Gasteiger charge is 2.37. The number of ether oxygens (including phenoxy) is 1. The summed E-state index contributed by atoms with van der Waals surface area (Å²) in [7, 11) is 1.62. The number of nitrogens with zero attached hydrogens (tertiary/aromatic N) is 2. The first kappa shape index (κ1) is 13.6. The molecule has 1 aliphatic heterocycles. The number of alkyl halides is 3. The molecule has 0 spiro atoms. The molecule has 0 atom stereocenters. The van der Waals surface area contributed by atoms with Crippen LogP contribution in [-0.4, -0.2) is 38.3 Å². The van der Waals surface area contributed by atoms with E-state index < -0.39 is 11.9 Å². The number of aromatic nitrogens is 1. The van der Waals surface area contributed by atoms with Crippen LogP contribution in [0.5, 0.6) is 0 Å². The first-order chi connectivity index (χ1) is 8.52. The van der Waals surface area contributed by atoms with Crippen LogP contribution >= 0.6 is 11.3 Å². The van der Waals surface area contributed by atoms with E-state index in [1.807, 2.05) is 4.90 Å². The zero-order valence-electron chi connectivity index (χ0n) is 9.88. The van der Waals surface area contributed by atoms with Gasteiger partial charge in [-0.25, -0.2) is 4.98 Å². The molecule has 18 heavy (non-hydrogen) atoms. The van der Waals surface area contributed by atoms with Crippen LogP contribution in [0, 0.1) is 0 Å². The molecule has 1 N–H and O–H groups in total. The van der Waals surface area contributed by atoms with Gasteiger partial charge in [0.25, 0.3) is 0 Å². The van der Waals surface area contributed by atoms with Gasteiger partial charge in [0, 0.05) is 19.6 Å². The predicted molar refractivity (Wildman–Crippen MR) is 62.9 cm³/mol. The van der Waals surface area contributed by atoms with Crippen LogP contribution < -0.4 is 10.2 Å². The van der Waals surface area contributed by atoms with Crippen LogP contribution in [0.3, 0.4) is 0 Å². The molecule has 2 rings (SSSR count). The molecule has 1 saturated heterocycles. The smallest absolute Gasteiger partial charge is 0.378 e. The van der Waals surface area contributed by atoms with Crippen LogP contribution in [-0.2, 0) is 17.5 Å². The maximum Gasteiger partial charge on any atom is 0.434 e. The summed E-state index contributed by atoms with van der Waals surface area (Å²) in [5.74, 6) is 0. The van der Waals surface area contributed by atoms with E-state index in [2.05, 4.69) is 10.3 Å². The van der Waals surface area contributed by atoms with Crippen molar-refractivity contribution in [1.82, 2.24) is 10.3 Å². The quantitative estimate of drug-likeness (QED) is 0.915. The molecule has 1 fully saturated rings. The van der Waals surface area contributed by atoms with E-state index in [9.17, 15) is 13.2 Å². The molecule has 1 aromatic rings. The van der Waals surface area contributed by atoms with Gasteiger partial charge in [-0.15, -0.1) is 0 Å². The fraction of sp³-hybridized carbons (Fsp3) is 0.700. The van der Waals surface area contributed by atoms with Gasteiger partial charge >= 0.3 is 6.18 Å². The maximum atomic E-state index is 12.8. The minimum Gasteiger partial charge on any atom is -0.378 e. The Labute approximate surface area is 107 Å². The number of anilines is 1. The number of nitrogens with one attached hydrogen (secondary N) is 1. The molecule has 0 amide bonds. The van der Waals surface area contributed by atoms with Gasteiger partial charge in [0.15, 0.2) is 10.8 Å². The van der Waals surface area contributed by atoms with Gasteiger partial charge in [-0.3, -0.25) is 0 Å². The SMILES string of the molecule is CNCc1sc(N2CCOCC2)nc1C(F)(F)F. The van der Waals surface area contributed by atoms with Crippen molar-refractivity contribution in [2.75, 3.05) is 38.3 Å². The number of hydrogen-bond acceptors (Lipinski definition) is 5. The molecule has 1 aromatic heterocycles. The van der Waals surface area contributed by atoms with Crippen LogP contribution in [0.2, 0.25) is 0 Å². The lowest BCUT2D eigenvalue weighted by Gasteiger charge is -2.26. The Morgan fingerprint density at radius 3 is 2.61 bits per heavy atom. The summed E-state index contributed by atoms with van der Waals surface area (Å²) in [4.78, 5) is 5.81. The maximum absolute atomic E-state index is 12.8. The highest BCUT2D eigenvalue weighted by molar-refractivity contribution is 7.15. The predicted octanol–water partition coefficient (Wildman–Crippen LogP) is 1.72. The third-order valence-corrected chi connectivity index (χ3v) is 3.69. The lowest BCUT2D eigenvalue weighted by Crippen LogP contribution is -2.36. The van der Waals surface area contributed by atoms with Crippen molar-refractivity contribution in [3.8, 4) is 0 Å². The van der Waals surface area contributed by atoms with Gasteiger partial charge in [-0.2, -0.15) is 13.2 Å². The van der Waals surface area contributed by atoms with Crippen LogP contribution in [0.1, 0.15) is 10.6 Å². The highest BCUT2D eigenvalue weighted by Crippen LogP contribution is 2.37. The Hall–Kier alpha value is -0.860. The van der Waals surface area contributed by atoms with Crippen LogP contribution in [0.25, 0.3) is 0 Å². The number of halogens is 3. The summed E-state index contributed by atoms with van der Waals surface area (Å²) < 4.78 is 43.6. The normalized spacial score (nSPS) is 17.2. The first-order valence-electron chi connectivity index (χ1n) is 5.56. The summed E-state index contributed by atoms with van der Waals surface area (Å²) in [5, 5.41) is 3.17. The fourth-order valence-corrected chi connectivity index (χ4v) is 2.87. The zero-order valence-corrected chi connectivity index (χ0v) is 10.7. The second-order valence-electron chi connectivity index (χ2n) is 3.90. The largest absolute Gasteiger partial charge is 0.434 e. The number of morpholine rings is 1. The summed E-state index contributed by atoms with van der Waals surface area (Å²) >= 11 is 1.09. The molecule has 1 aliphatic rings. The van der Waals surface area contributed by atoms with Crippen LogP contribution in [0.15, 0.2) is 0 Å². The lowest BCUT2D eigenvalue weighted by molar-refractivity contribution is -0.141. The Balaban J connectivity index is 2.26. The first-order valence-corrected chi connectivity index (χ1v) is 6.38. The molecule has 4 nitrogen and oxygen atoms in total. The Morgan fingerprint density at radius 1 is 1.39 bits per heavy atom. The highest BCUT2D eigenvalue weighted by atomic mass is 32.1. The minimum absolute atomic E-state index is 0.177. The third kappa shape index (κ3) is 2.93. The van der Waals surface area contributed by atoms with Crippen LogP contribution in [0.4, 0.5) is 18.3 Å². The number of rotatable bonds is 3. The molecule has 0 aromatic carbocycles. The topological polar surface area (TPSA) is 37.4 Å². The second kappa shape index (κ2) is 5.41. The van der Waals surface area contributed by atoms with Crippen molar-refractivity contribution < 1.29 is 17.9 Å². The summed E-state index contributed by atoms with van der Waals surface area (Å²) in [5.41, 5.74) is -0.775. The van der Waals surface area contributed by atoms with Crippen molar-refractivity contribution in [2.45, 2.75) is 12.7 Å². The van der Waals surface area contributed by atoms with Crippen molar-refractivity contribution in [3.05, 3.63) is 10.6 Å². The molecule has 0 bridgehead atoms. The fourth-order valence-electron chi connectivity index (χ4n) is 1.73. The monoisotopic (exact) mass is 281 g/mol. The van der Waals surface area contributed by atoms with E-state index in [1.54, 1.807) is 7.05 Å². The average Bonchev–Trinajstić information content (AvgIpc) is 2.75. The van der Waals surface area contributed by atoms with E-state index in [-0.39, 0.29) is 11.4 Å². The molecular formula is C10H14F3N3OS. The Kier molecular flexibility index (Phi) is 4.08. The summed E-state index contributed by atoms with van der Waals surface area (Å²) in [6, 6.07) is 0. The Bertz CT molecular complexity index is 402. The van der Waals surface area contributed by atoms with Gasteiger partial charge in [0.1, 0.15) is 0 Å². The Morgan fingerprint density at radius 2 is 2.06 bits per heavy atom. The van der Waals surface area contributed by atoms with Crippen molar-refractivity contribution in [1.29, 1.82) is 0 Å². The lowest BCUT2D eigenvalue weighted by atomic mass is 10.3. The number of thiazole rings is 1. The van der Waals surface area contributed by atoms with Gasteiger partial charge in [-0.1, -0.05) is 11.3 Å². The summed E-state index contributed by atoms with van der Waals surface area (Å²) in [6.45, 7) is 2.41. The minimum atomic E-state index is -4.40. The van der Waals surface area contributed by atoms with E-state index in [0.29, 0.717) is 31.4 Å². The standard InChI is InChI=1S/C10H14F3N3OS/c1-14-6-7-8(10(11,12)13)15-9(18-7)16-2-4-17-5-3-16/h14H,2-6H2,1H3. The van der Waals surface area contributed by atoms with E-state index in [4.69, 9.17) is 4.74 Å². The molecule has 2 heterocycles. The molecule has 0 unspecified atom stereocenters. The van der Waals surface area contributed by atoms with Crippen molar-refractivity contribution >= 4 is 16.5 Å². The van der Waals surface area contributed by atoms with Crippen molar-refractivity contribution in [3.63, 3.8) is 0 Å². The van der Waals surface area contributed by atoms with E-state index in [1.165, 1.54) is 0 Å². The third-order valence-electron chi connectivity index (χ3n) is 2.57. The molecule has 0 saturated carbocycles. The zero-order chi connectivity index (χ0) is 13.2. The van der Waals surface area contributed by atoms with E-state index in [0.717, 1.165) is 11.3 Å². The second-order valence-corrected chi connectivity index (χ2v) is 4.96. The molecule has 8 heteroatoms. The number of hydrogen-bond donors (Lipinski definition) is 1. The molecule has 102 valence electrons. The van der Waals surface area contributed by atoms with Gasteiger partial charge in [0.05, 0.1) is 18.1 Å². The van der Waals surface area contributed by atoms with Gasteiger partial charge in [0.2, 0.25) is 0 Å². The summed E-state index contributed by atoms with van der Waals surface area (Å²) in [6.07, 6.45) is -4.40. The van der Waals surface area contributed by atoms with Gasteiger partial charge in [-0.05, 0) is 7.05 Å². The molecular weight excluding hydrogens is 267 g/mol. The molecule has 0 radical (unpaired) electrons. The van der Waals surface area contributed by atoms with Gasteiger partial charge < -0.3 is 15.0 Å². The average molecular weight is 281 g/mol. The molecule has 0 aliphatic carbocycles. The van der Waals surface area contributed by atoms with Crippen molar-refractivity contribution in [2.24, 2.45) is 0 Å².